The topological polar surface area (TPSA) is 87.1 Å². The predicted octanol–water partition coefficient (Wildman–Crippen LogP) is 2.74. The van der Waals surface area contributed by atoms with Gasteiger partial charge in [-0.05, 0) is 37.6 Å². The number of hydrogen-bond donors (Lipinski definition) is 1. The van der Waals surface area contributed by atoms with Crippen LogP contribution in [-0.4, -0.2) is 11.5 Å². The minimum Gasteiger partial charge on any atom is -0.476 e. The molecule has 1 aliphatic heterocycles. The van der Waals surface area contributed by atoms with E-state index in [1.807, 2.05) is 0 Å². The molecule has 1 aliphatic rings. The van der Waals surface area contributed by atoms with Gasteiger partial charge in [0.05, 0.1) is 5.69 Å². The third kappa shape index (κ3) is 1.66. The maximum atomic E-state index is 11.6. The molecule has 1 aromatic carbocycles. The molecule has 16 heavy (non-hydrogen) atoms. The molecule has 0 unspecified atom stereocenters. The van der Waals surface area contributed by atoms with E-state index in [2.05, 4.69) is 15.3 Å². The molecular formula is C10H10N4O2. The Kier molecular flexibility index (Phi) is 2.21. The van der Waals surface area contributed by atoms with E-state index in [9.17, 15) is 4.79 Å². The van der Waals surface area contributed by atoms with E-state index in [-0.39, 0.29) is 5.91 Å². The number of ether oxygens (including phenoxy) is 1. The van der Waals surface area contributed by atoms with Crippen molar-refractivity contribution < 1.29 is 9.53 Å². The number of azide groups is 1. The zero-order chi connectivity index (χ0) is 11.8. The van der Waals surface area contributed by atoms with Gasteiger partial charge in [0.2, 0.25) is 0 Å². The Morgan fingerprint density at radius 1 is 1.50 bits per heavy atom. The largest absolute Gasteiger partial charge is 0.476 e. The van der Waals surface area contributed by atoms with Crippen LogP contribution in [0.4, 0.5) is 11.4 Å². The molecule has 1 heterocycles. The van der Waals surface area contributed by atoms with Crippen LogP contribution in [0.5, 0.6) is 5.75 Å². The number of fused-ring (bicyclic) bond motifs is 1. The van der Waals surface area contributed by atoms with Gasteiger partial charge in [-0.2, -0.15) is 0 Å². The lowest BCUT2D eigenvalue weighted by Crippen LogP contribution is -2.45. The molecule has 6 nitrogen and oxygen atoms in total. The lowest BCUT2D eigenvalue weighted by atomic mass is 10.1. The van der Waals surface area contributed by atoms with Crippen LogP contribution in [0.25, 0.3) is 10.4 Å². The molecule has 6 heteroatoms. The monoisotopic (exact) mass is 218 g/mol. The summed E-state index contributed by atoms with van der Waals surface area (Å²) >= 11 is 0. The van der Waals surface area contributed by atoms with Gasteiger partial charge in [-0.25, -0.2) is 0 Å². The van der Waals surface area contributed by atoms with Gasteiger partial charge < -0.3 is 10.1 Å². The second kappa shape index (κ2) is 3.43. The molecule has 1 aromatic rings. The summed E-state index contributed by atoms with van der Waals surface area (Å²) in [5.41, 5.74) is 8.37. The molecule has 1 amide bonds. The van der Waals surface area contributed by atoms with Crippen LogP contribution in [0.1, 0.15) is 13.8 Å². The molecule has 0 atom stereocenters. The molecule has 0 saturated carbocycles. The number of rotatable bonds is 1. The molecule has 2 rings (SSSR count). The van der Waals surface area contributed by atoms with E-state index < -0.39 is 5.60 Å². The maximum Gasteiger partial charge on any atom is 0.268 e. The van der Waals surface area contributed by atoms with Crippen molar-refractivity contribution in [1.82, 2.24) is 0 Å². The maximum absolute atomic E-state index is 11.6. The summed E-state index contributed by atoms with van der Waals surface area (Å²) in [6.45, 7) is 3.37. The van der Waals surface area contributed by atoms with Crippen molar-refractivity contribution in [2.75, 3.05) is 5.32 Å². The van der Waals surface area contributed by atoms with Crippen LogP contribution in [0, 0.1) is 0 Å². The zero-order valence-corrected chi connectivity index (χ0v) is 8.89. The number of nitrogens with zero attached hydrogens (tertiary/aromatic N) is 3. The van der Waals surface area contributed by atoms with Crippen LogP contribution in [0.2, 0.25) is 0 Å². The molecule has 0 radical (unpaired) electrons. The standard InChI is InChI=1S/C10H10N4O2/c1-10(2)9(15)12-7-5-6(13-14-11)3-4-8(7)16-10/h3-5H,1-2H3,(H,12,15). The molecule has 0 bridgehead atoms. The second-order valence-electron chi connectivity index (χ2n) is 3.94. The Balaban J connectivity index is 2.44. The first kappa shape index (κ1) is 10.3. The Morgan fingerprint density at radius 3 is 2.94 bits per heavy atom. The molecule has 0 aromatic heterocycles. The van der Waals surface area contributed by atoms with Crippen LogP contribution < -0.4 is 10.1 Å². The van der Waals surface area contributed by atoms with Gasteiger partial charge in [0.1, 0.15) is 5.75 Å². The lowest BCUT2D eigenvalue weighted by molar-refractivity contribution is -0.129. The number of anilines is 1. The Labute approximate surface area is 91.8 Å². The molecule has 82 valence electrons. The van der Waals surface area contributed by atoms with Crippen LogP contribution in [-0.2, 0) is 4.79 Å². The molecule has 0 spiro atoms. The van der Waals surface area contributed by atoms with Crippen molar-refractivity contribution in [2.24, 2.45) is 5.11 Å². The summed E-state index contributed by atoms with van der Waals surface area (Å²) in [5, 5.41) is 6.15. The van der Waals surface area contributed by atoms with E-state index in [0.717, 1.165) is 0 Å². The first-order valence-corrected chi connectivity index (χ1v) is 4.72. The van der Waals surface area contributed by atoms with E-state index in [0.29, 0.717) is 17.1 Å². The fraction of sp³-hybridized carbons (Fsp3) is 0.300. The van der Waals surface area contributed by atoms with Crippen LogP contribution in [0.3, 0.4) is 0 Å². The molecule has 1 N–H and O–H groups in total. The highest BCUT2D eigenvalue weighted by molar-refractivity contribution is 6.00. The van der Waals surface area contributed by atoms with Crippen molar-refractivity contribution in [1.29, 1.82) is 0 Å². The van der Waals surface area contributed by atoms with Gasteiger partial charge in [0.15, 0.2) is 5.60 Å². The summed E-state index contributed by atoms with van der Waals surface area (Å²) in [4.78, 5) is 14.3. The third-order valence-corrected chi connectivity index (χ3v) is 2.28. The van der Waals surface area contributed by atoms with Crippen LogP contribution in [0.15, 0.2) is 23.3 Å². The van der Waals surface area contributed by atoms with Crippen molar-refractivity contribution in [3.63, 3.8) is 0 Å². The first-order chi connectivity index (χ1) is 7.53. The second-order valence-corrected chi connectivity index (χ2v) is 3.94. The Hall–Kier alpha value is -2.20. The SMILES string of the molecule is CC1(C)Oc2ccc(N=[N+]=[N-])cc2NC1=O. The quantitative estimate of drug-likeness (QED) is 0.446. The van der Waals surface area contributed by atoms with Gasteiger partial charge in [0, 0.05) is 10.6 Å². The molecule has 0 fully saturated rings. The Morgan fingerprint density at radius 2 is 2.25 bits per heavy atom. The highest BCUT2D eigenvalue weighted by Gasteiger charge is 2.35. The van der Waals surface area contributed by atoms with Gasteiger partial charge in [0.25, 0.3) is 5.91 Å². The normalized spacial score (nSPS) is 16.5. The molecular weight excluding hydrogens is 208 g/mol. The van der Waals surface area contributed by atoms with E-state index in [4.69, 9.17) is 10.3 Å². The summed E-state index contributed by atoms with van der Waals surface area (Å²) in [5.74, 6) is 0.347. The van der Waals surface area contributed by atoms with Crippen molar-refractivity contribution >= 4 is 17.3 Å². The fourth-order valence-corrected chi connectivity index (χ4v) is 1.41. The fourth-order valence-electron chi connectivity index (χ4n) is 1.41. The molecule has 0 saturated heterocycles. The number of amides is 1. The summed E-state index contributed by atoms with van der Waals surface area (Å²) < 4.78 is 5.52. The van der Waals surface area contributed by atoms with Gasteiger partial charge in [-0.15, -0.1) is 0 Å². The van der Waals surface area contributed by atoms with Gasteiger partial charge in [-0.1, -0.05) is 5.11 Å². The molecule has 0 aliphatic carbocycles. The average Bonchev–Trinajstić information content (AvgIpc) is 2.20. The highest BCUT2D eigenvalue weighted by Crippen LogP contribution is 2.36. The van der Waals surface area contributed by atoms with Crippen molar-refractivity contribution in [3.8, 4) is 5.75 Å². The van der Waals surface area contributed by atoms with E-state index in [1.54, 1.807) is 32.0 Å². The van der Waals surface area contributed by atoms with E-state index >= 15 is 0 Å². The van der Waals surface area contributed by atoms with Gasteiger partial charge in [-0.3, -0.25) is 4.79 Å². The summed E-state index contributed by atoms with van der Waals surface area (Å²) in [7, 11) is 0. The lowest BCUT2D eigenvalue weighted by Gasteiger charge is -2.31. The third-order valence-electron chi connectivity index (χ3n) is 2.28. The number of benzene rings is 1. The minimum atomic E-state index is -0.882. The van der Waals surface area contributed by atoms with E-state index in [1.165, 1.54) is 0 Å². The van der Waals surface area contributed by atoms with Crippen LogP contribution >= 0.6 is 0 Å². The minimum absolute atomic E-state index is 0.224. The Bertz CT molecular complexity index is 504. The number of nitrogens with one attached hydrogen (secondary N) is 1. The highest BCUT2D eigenvalue weighted by atomic mass is 16.5. The summed E-state index contributed by atoms with van der Waals surface area (Å²) in [6.07, 6.45) is 0. The van der Waals surface area contributed by atoms with Crippen molar-refractivity contribution in [2.45, 2.75) is 19.4 Å². The van der Waals surface area contributed by atoms with Crippen molar-refractivity contribution in [3.05, 3.63) is 28.6 Å². The first-order valence-electron chi connectivity index (χ1n) is 4.72. The average molecular weight is 218 g/mol. The smallest absolute Gasteiger partial charge is 0.268 e. The summed E-state index contributed by atoms with van der Waals surface area (Å²) in [6, 6.07) is 4.87. The number of hydrogen-bond acceptors (Lipinski definition) is 3. The number of carbonyl (C=O) groups excluding carboxylic acids is 1. The predicted molar refractivity (Wildman–Crippen MR) is 58.6 cm³/mol. The van der Waals surface area contributed by atoms with Gasteiger partial charge >= 0.3 is 0 Å². The zero-order valence-electron chi connectivity index (χ0n) is 8.89. The number of carbonyl (C=O) groups is 1.